The van der Waals surface area contributed by atoms with E-state index in [0.29, 0.717) is 0 Å². The molecule has 0 saturated heterocycles. The molecule has 0 N–H and O–H groups in total. The van der Waals surface area contributed by atoms with E-state index in [9.17, 15) is 0 Å². The molecule has 0 aliphatic heterocycles. The molecule has 0 fully saturated rings. The first kappa shape index (κ1) is 13.0. The minimum atomic E-state index is -4.94. The van der Waals surface area contributed by atoms with Gasteiger partial charge >= 0.3 is 0 Å². The molecule has 0 aliphatic rings. The van der Waals surface area contributed by atoms with Gasteiger partial charge in [-0.05, 0) is 13.0 Å². The van der Waals surface area contributed by atoms with Gasteiger partial charge in [-0.15, -0.1) is 10.2 Å². The van der Waals surface area contributed by atoms with Crippen molar-refractivity contribution in [2.24, 2.45) is 0 Å². The highest BCUT2D eigenvalue weighted by Gasteiger charge is 1.85. The van der Waals surface area contributed by atoms with E-state index in [2.05, 4.69) is 0 Å². The van der Waals surface area contributed by atoms with Crippen molar-refractivity contribution in [1.29, 1.82) is 0 Å². The summed E-state index contributed by atoms with van der Waals surface area (Å²) in [7, 11) is -4.94. The second-order valence-electron chi connectivity index (χ2n) is 2.18. The van der Waals surface area contributed by atoms with Crippen LogP contribution in [0.3, 0.4) is 0 Å². The molecule has 1 heterocycles. The molecule has 0 aliphatic carbocycles. The van der Waals surface area contributed by atoms with E-state index in [1.807, 2.05) is 54.4 Å². The van der Waals surface area contributed by atoms with Crippen LogP contribution in [0.5, 0.6) is 0 Å². The van der Waals surface area contributed by atoms with Crippen molar-refractivity contribution in [3.63, 3.8) is 0 Å². The predicted octanol–water partition coefficient (Wildman–Crippen LogP) is -3.29. The molecule has 1 aromatic rings. The lowest BCUT2D eigenvalue weighted by molar-refractivity contribution is -2.00. The van der Waals surface area contributed by atoms with Crippen LogP contribution in [-0.2, 0) is 0 Å². The Balaban J connectivity index is 0.000000292. The van der Waals surface area contributed by atoms with E-state index < -0.39 is 10.2 Å². The second kappa shape index (κ2) is 6.47. The van der Waals surface area contributed by atoms with Crippen molar-refractivity contribution < 1.29 is 33.4 Å². The van der Waals surface area contributed by atoms with E-state index >= 15 is 0 Å². The van der Waals surface area contributed by atoms with Crippen LogP contribution in [0.1, 0.15) is 6.92 Å². The van der Waals surface area contributed by atoms with E-state index in [4.69, 9.17) is 18.6 Å². The summed E-state index contributed by atoms with van der Waals surface area (Å²) in [5, 5.41) is 0. The molecule has 6 heteroatoms. The van der Waals surface area contributed by atoms with Gasteiger partial charge in [0.25, 0.3) is 0 Å². The Bertz CT molecular complexity index is 264. The van der Waals surface area contributed by atoms with Gasteiger partial charge in [-0.2, -0.15) is 4.57 Å². The number of pyridine rings is 1. The van der Waals surface area contributed by atoms with Crippen molar-refractivity contribution in [1.82, 2.24) is 0 Å². The summed E-state index contributed by atoms with van der Waals surface area (Å²) in [6.07, 6.45) is 8.00. The third-order valence-corrected chi connectivity index (χ3v) is 1.06. The predicted molar refractivity (Wildman–Crippen MR) is 37.6 cm³/mol. The van der Waals surface area contributed by atoms with Crippen LogP contribution < -0.4 is 23.2 Å². The normalized spacial score (nSPS) is 10.9. The van der Waals surface area contributed by atoms with E-state index in [1.165, 1.54) is 0 Å². The van der Waals surface area contributed by atoms with Gasteiger partial charge in [0.2, 0.25) is 0 Å². The molecule has 0 amide bonds. The molecular weight excluding hydrogens is 210 g/mol. The van der Waals surface area contributed by atoms with Crippen LogP contribution in [0.4, 0.5) is 0 Å². The summed E-state index contributed by atoms with van der Waals surface area (Å²) in [6.45, 7) is 2.00. The fourth-order valence-electron chi connectivity index (χ4n) is 0.683. The molecule has 0 aromatic carbocycles. The van der Waals surface area contributed by atoms with Crippen molar-refractivity contribution >= 4 is 6.20 Å². The first-order chi connectivity index (χ1) is 6.43. The number of nitrogens with zero attached hydrogens (tertiary/aromatic N) is 1. The van der Waals surface area contributed by atoms with Gasteiger partial charge in [0.1, 0.15) is 0 Å². The van der Waals surface area contributed by atoms with E-state index in [1.54, 1.807) is 0 Å². The Morgan fingerprint density at radius 1 is 1.00 bits per heavy atom. The summed E-state index contributed by atoms with van der Waals surface area (Å²) in [6, 6.07) is 6.00. The highest BCUT2D eigenvalue weighted by Crippen LogP contribution is 1.76. The van der Waals surface area contributed by atoms with Gasteiger partial charge in [-0.3, -0.25) is 0 Å². The molecular formula is C8H10ClNO4. The summed E-state index contributed by atoms with van der Waals surface area (Å²) in [4.78, 5) is 0. The van der Waals surface area contributed by atoms with Crippen LogP contribution in [0.25, 0.3) is 6.20 Å². The van der Waals surface area contributed by atoms with Gasteiger partial charge in [0.05, 0.1) is 0 Å². The molecule has 14 heavy (non-hydrogen) atoms. The lowest BCUT2D eigenvalue weighted by Crippen LogP contribution is -2.68. The molecule has 0 saturated carbocycles. The molecule has 0 bridgehead atoms. The van der Waals surface area contributed by atoms with Crippen LogP contribution in [0.15, 0.2) is 36.7 Å². The average molecular weight is 220 g/mol. The molecule has 0 spiro atoms. The summed E-state index contributed by atoms with van der Waals surface area (Å²) in [5.74, 6) is 0. The van der Waals surface area contributed by atoms with Crippen LogP contribution in [0, 0.1) is 10.2 Å². The summed E-state index contributed by atoms with van der Waals surface area (Å²) < 4.78 is 36.0. The quantitative estimate of drug-likeness (QED) is 0.463. The van der Waals surface area contributed by atoms with Gasteiger partial charge in [0.15, 0.2) is 18.6 Å². The third-order valence-electron chi connectivity index (χ3n) is 1.06. The molecule has 0 unspecified atom stereocenters. The van der Waals surface area contributed by atoms with Crippen molar-refractivity contribution in [2.75, 3.05) is 0 Å². The molecule has 5 nitrogen and oxygen atoms in total. The fraction of sp³-hybridized carbons (Fsp3) is 0.125. The Morgan fingerprint density at radius 2 is 1.43 bits per heavy atom. The number of hydrogen-bond donors (Lipinski definition) is 0. The van der Waals surface area contributed by atoms with Gasteiger partial charge in [0, 0.05) is 12.1 Å². The van der Waals surface area contributed by atoms with Gasteiger partial charge in [-0.25, -0.2) is 18.6 Å². The zero-order valence-corrected chi connectivity index (χ0v) is 8.26. The highest BCUT2D eigenvalue weighted by molar-refractivity contribution is 5.03. The molecule has 1 aromatic heterocycles. The largest absolute Gasteiger partial charge is 0.222 e. The average Bonchev–Trinajstić information content (AvgIpc) is 2.03. The van der Waals surface area contributed by atoms with Gasteiger partial charge in [-0.1, -0.05) is 6.07 Å². The monoisotopic (exact) mass is 219 g/mol. The minimum Gasteiger partial charge on any atom is -0.222 e. The smallest absolute Gasteiger partial charge is 0.174 e. The van der Waals surface area contributed by atoms with Gasteiger partial charge < -0.3 is 0 Å². The zero-order valence-electron chi connectivity index (χ0n) is 7.50. The molecule has 78 valence electrons. The Labute approximate surface area is 83.9 Å². The number of rotatable bonds is 1. The molecule has 0 radical (unpaired) electrons. The van der Waals surface area contributed by atoms with E-state index in [-0.39, 0.29) is 0 Å². The van der Waals surface area contributed by atoms with Crippen molar-refractivity contribution in [3.05, 3.63) is 36.7 Å². The van der Waals surface area contributed by atoms with Crippen LogP contribution in [0.2, 0.25) is 0 Å². The lowest BCUT2D eigenvalue weighted by atomic mass is 10.5. The minimum absolute atomic E-state index is 2.00. The first-order valence-electron chi connectivity index (χ1n) is 3.64. The first-order valence-corrected chi connectivity index (χ1v) is 4.87. The number of aromatic nitrogens is 1. The highest BCUT2D eigenvalue weighted by atomic mass is 35.7. The number of allylic oxidation sites excluding steroid dienone is 1. The number of hydrogen-bond acceptors (Lipinski definition) is 4. The Morgan fingerprint density at radius 3 is 1.79 bits per heavy atom. The Kier molecular flexibility index (Phi) is 6.02. The van der Waals surface area contributed by atoms with Crippen molar-refractivity contribution in [3.8, 4) is 0 Å². The standard InChI is InChI=1S/C8H10N.ClHO4/c1-2-6-9-7-4-3-5-8-9;2-1(3,4)5/h2-8H,1H3;(H,2,3,4,5)/q+1;/p-1. The maximum Gasteiger partial charge on any atom is 0.174 e. The van der Waals surface area contributed by atoms with Crippen LogP contribution in [-0.4, -0.2) is 0 Å². The topological polar surface area (TPSA) is 96.1 Å². The third kappa shape index (κ3) is 11.0. The van der Waals surface area contributed by atoms with Crippen LogP contribution >= 0.6 is 0 Å². The lowest BCUT2D eigenvalue weighted by Gasteiger charge is -2.17. The van der Waals surface area contributed by atoms with Crippen molar-refractivity contribution in [2.45, 2.75) is 6.92 Å². The van der Waals surface area contributed by atoms with E-state index in [0.717, 1.165) is 0 Å². The maximum atomic E-state index is 8.49. The summed E-state index contributed by atoms with van der Waals surface area (Å²) in [5.41, 5.74) is 0. The maximum absolute atomic E-state index is 8.49. The Hall–Kier alpha value is -0.980. The number of halogens is 1. The molecule has 0 atom stereocenters. The fourth-order valence-corrected chi connectivity index (χ4v) is 0.683. The summed E-state index contributed by atoms with van der Waals surface area (Å²) >= 11 is 0. The zero-order chi connectivity index (χ0) is 11.0. The second-order valence-corrected chi connectivity index (χ2v) is 2.94. The molecule has 1 rings (SSSR count). The SMILES string of the molecule is CC=C[n+]1ccccc1.[O-][Cl+3]([O-])([O-])[O-].